The highest BCUT2D eigenvalue weighted by Crippen LogP contribution is 2.13. The second-order valence-corrected chi connectivity index (χ2v) is 5.93. The number of carbonyl (C=O) groups is 1. The lowest BCUT2D eigenvalue weighted by atomic mass is 10.0. The second-order valence-electron chi connectivity index (χ2n) is 5.93. The van der Waals surface area contributed by atoms with Crippen molar-refractivity contribution in [2.45, 2.75) is 13.3 Å². The number of rotatable bonds is 3. The lowest BCUT2D eigenvalue weighted by Crippen LogP contribution is -2.03. The molecule has 0 saturated carbocycles. The van der Waals surface area contributed by atoms with E-state index >= 15 is 0 Å². The molecule has 0 bridgehead atoms. The maximum atomic E-state index is 12.2. The van der Waals surface area contributed by atoms with Gasteiger partial charge in [-0.05, 0) is 54.3 Å². The highest BCUT2D eigenvalue weighted by atomic mass is 16.3. The van der Waals surface area contributed by atoms with Crippen LogP contribution in [-0.4, -0.2) is 20.4 Å². The summed E-state index contributed by atoms with van der Waals surface area (Å²) in [6, 6.07) is 13.1. The van der Waals surface area contributed by atoms with Crippen LogP contribution in [0.5, 0.6) is 0 Å². The smallest absolute Gasteiger partial charge is 0.202 e. The number of Topliss-reactive ketones (excluding diaryl/α,β-unsaturated/α-hetero) is 1. The van der Waals surface area contributed by atoms with Crippen LogP contribution in [-0.2, 0) is 6.42 Å². The molecule has 0 aliphatic heterocycles. The molecule has 4 aromatic rings. The Labute approximate surface area is 150 Å². The predicted molar refractivity (Wildman–Crippen MR) is 96.9 cm³/mol. The molecule has 0 N–H and O–H groups in total. The van der Waals surface area contributed by atoms with Crippen LogP contribution in [0.15, 0.2) is 65.5 Å². The molecule has 5 nitrogen and oxygen atoms in total. The van der Waals surface area contributed by atoms with Gasteiger partial charge in [0.25, 0.3) is 0 Å². The Morgan fingerprint density at radius 2 is 1.96 bits per heavy atom. The van der Waals surface area contributed by atoms with Crippen molar-refractivity contribution in [2.75, 3.05) is 0 Å². The third kappa shape index (κ3) is 3.26. The largest absolute Gasteiger partial charge is 0.461 e. The maximum Gasteiger partial charge on any atom is 0.202 e. The van der Waals surface area contributed by atoms with Crippen LogP contribution < -0.4 is 0 Å². The van der Waals surface area contributed by atoms with Gasteiger partial charge in [0.1, 0.15) is 5.69 Å². The van der Waals surface area contributed by atoms with Gasteiger partial charge in [-0.25, -0.2) is 9.50 Å². The van der Waals surface area contributed by atoms with Crippen molar-refractivity contribution in [3.63, 3.8) is 0 Å². The van der Waals surface area contributed by atoms with Crippen LogP contribution >= 0.6 is 0 Å². The average Bonchev–Trinajstić information content (AvgIpc) is 3.29. The molecule has 0 spiro atoms. The Kier molecular flexibility index (Phi) is 4.08. The van der Waals surface area contributed by atoms with Gasteiger partial charge in [0.2, 0.25) is 5.78 Å². The molecule has 1 aromatic carbocycles. The van der Waals surface area contributed by atoms with Gasteiger partial charge in [-0.1, -0.05) is 18.1 Å². The molecule has 0 aliphatic rings. The van der Waals surface area contributed by atoms with E-state index in [1.165, 1.54) is 6.26 Å². The molecule has 5 heteroatoms. The molecule has 0 atom stereocenters. The van der Waals surface area contributed by atoms with E-state index in [1.807, 2.05) is 43.3 Å². The number of ketones is 1. The number of hydrogen-bond acceptors (Lipinski definition) is 4. The zero-order valence-corrected chi connectivity index (χ0v) is 14.1. The van der Waals surface area contributed by atoms with Gasteiger partial charge < -0.3 is 4.42 Å². The number of hydrogen-bond donors (Lipinski definition) is 0. The Balaban J connectivity index is 1.48. The Morgan fingerprint density at radius 1 is 1.12 bits per heavy atom. The maximum absolute atomic E-state index is 12.2. The van der Waals surface area contributed by atoms with Crippen LogP contribution in [0.3, 0.4) is 0 Å². The van der Waals surface area contributed by atoms with Crippen molar-refractivity contribution in [3.8, 4) is 11.8 Å². The van der Waals surface area contributed by atoms with Gasteiger partial charge in [-0.3, -0.25) is 4.79 Å². The fourth-order valence-corrected chi connectivity index (χ4v) is 2.65. The molecule has 0 fully saturated rings. The molecular formula is C21H15N3O2. The first-order chi connectivity index (χ1) is 12.7. The number of carbonyl (C=O) groups excluding carboxylic acids is 1. The van der Waals surface area contributed by atoms with Crippen LogP contribution in [0.1, 0.15) is 32.9 Å². The molecule has 3 heterocycles. The topological polar surface area (TPSA) is 60.4 Å². The lowest BCUT2D eigenvalue weighted by molar-refractivity contribution is 0.0965. The van der Waals surface area contributed by atoms with Crippen molar-refractivity contribution in [3.05, 3.63) is 89.3 Å². The van der Waals surface area contributed by atoms with Crippen molar-refractivity contribution >= 4 is 11.4 Å². The standard InChI is InChI=1S/C21H15N3O2/c1-15-10-13-26-21(15)19(25)14-17-4-2-16(3-5-17)6-7-18-8-9-20-22-11-12-24(20)23-18/h2-5,8-13H,14H2,1H3. The Hall–Kier alpha value is -3.65. The van der Waals surface area contributed by atoms with Gasteiger partial charge in [-0.2, -0.15) is 5.10 Å². The minimum Gasteiger partial charge on any atom is -0.461 e. The normalized spacial score (nSPS) is 10.5. The lowest BCUT2D eigenvalue weighted by Gasteiger charge is -2.00. The third-order valence-corrected chi connectivity index (χ3v) is 4.02. The van der Waals surface area contributed by atoms with E-state index in [9.17, 15) is 4.79 Å². The number of fused-ring (bicyclic) bond motifs is 1. The fourth-order valence-electron chi connectivity index (χ4n) is 2.65. The van der Waals surface area contributed by atoms with E-state index < -0.39 is 0 Å². The van der Waals surface area contributed by atoms with Crippen LogP contribution in [0.25, 0.3) is 5.65 Å². The molecule has 0 aliphatic carbocycles. The highest BCUT2D eigenvalue weighted by Gasteiger charge is 2.13. The first kappa shape index (κ1) is 15.9. The zero-order valence-electron chi connectivity index (χ0n) is 14.1. The zero-order chi connectivity index (χ0) is 17.9. The molecule has 0 unspecified atom stereocenters. The Morgan fingerprint density at radius 3 is 2.73 bits per heavy atom. The minimum absolute atomic E-state index is 0.0239. The van der Waals surface area contributed by atoms with Crippen molar-refractivity contribution < 1.29 is 9.21 Å². The van der Waals surface area contributed by atoms with Crippen LogP contribution in [0, 0.1) is 18.8 Å². The van der Waals surface area contributed by atoms with E-state index in [0.29, 0.717) is 17.9 Å². The second kappa shape index (κ2) is 6.69. The summed E-state index contributed by atoms with van der Waals surface area (Å²) < 4.78 is 6.94. The van der Waals surface area contributed by atoms with Gasteiger partial charge in [0, 0.05) is 24.4 Å². The average molecular weight is 341 g/mol. The van der Waals surface area contributed by atoms with Crippen LogP contribution in [0.4, 0.5) is 0 Å². The molecule has 126 valence electrons. The monoisotopic (exact) mass is 341 g/mol. The van der Waals surface area contributed by atoms with E-state index in [1.54, 1.807) is 23.0 Å². The summed E-state index contributed by atoms with van der Waals surface area (Å²) >= 11 is 0. The summed E-state index contributed by atoms with van der Waals surface area (Å²) in [4.78, 5) is 16.4. The highest BCUT2D eigenvalue weighted by molar-refractivity contribution is 5.96. The molecule has 0 radical (unpaired) electrons. The number of aromatic nitrogens is 3. The van der Waals surface area contributed by atoms with Gasteiger partial charge in [-0.15, -0.1) is 0 Å². The number of nitrogens with zero attached hydrogens (tertiary/aromatic N) is 3. The van der Waals surface area contributed by atoms with Gasteiger partial charge in [0.15, 0.2) is 11.4 Å². The van der Waals surface area contributed by atoms with Gasteiger partial charge in [0.05, 0.1) is 6.26 Å². The Bertz CT molecular complexity index is 1140. The van der Waals surface area contributed by atoms with E-state index in [2.05, 4.69) is 21.9 Å². The van der Waals surface area contributed by atoms with Crippen LogP contribution in [0.2, 0.25) is 0 Å². The molecule has 3 aromatic heterocycles. The van der Waals surface area contributed by atoms with E-state index in [4.69, 9.17) is 4.42 Å². The summed E-state index contributed by atoms with van der Waals surface area (Å²) in [5.41, 5.74) is 4.11. The molecule has 0 amide bonds. The number of furan rings is 1. The summed E-state index contributed by atoms with van der Waals surface area (Å²) in [5.74, 6) is 6.53. The molecule has 26 heavy (non-hydrogen) atoms. The summed E-state index contributed by atoms with van der Waals surface area (Å²) in [5, 5.41) is 4.37. The molecule has 0 saturated heterocycles. The minimum atomic E-state index is -0.0239. The van der Waals surface area contributed by atoms with E-state index in [-0.39, 0.29) is 5.78 Å². The quantitative estimate of drug-likeness (QED) is 0.423. The predicted octanol–water partition coefficient (Wildman–Crippen LogP) is 3.46. The van der Waals surface area contributed by atoms with Gasteiger partial charge >= 0.3 is 0 Å². The first-order valence-corrected chi connectivity index (χ1v) is 8.18. The number of imidazole rings is 1. The number of benzene rings is 1. The molecule has 4 rings (SSSR count). The van der Waals surface area contributed by atoms with Crippen molar-refractivity contribution in [1.82, 2.24) is 14.6 Å². The van der Waals surface area contributed by atoms with Crippen molar-refractivity contribution in [1.29, 1.82) is 0 Å². The summed E-state index contributed by atoms with van der Waals surface area (Å²) in [6.07, 6.45) is 5.33. The summed E-state index contributed by atoms with van der Waals surface area (Å²) in [6.45, 7) is 1.87. The third-order valence-electron chi connectivity index (χ3n) is 4.02. The SMILES string of the molecule is Cc1ccoc1C(=O)Cc1ccc(C#Cc2ccc3nccn3n2)cc1. The number of aryl methyl sites for hydroxylation is 1. The summed E-state index contributed by atoms with van der Waals surface area (Å²) in [7, 11) is 0. The fraction of sp³-hybridized carbons (Fsp3) is 0.0952. The van der Waals surface area contributed by atoms with Crippen molar-refractivity contribution in [2.24, 2.45) is 0 Å². The van der Waals surface area contributed by atoms with E-state index in [0.717, 1.165) is 22.3 Å². The first-order valence-electron chi connectivity index (χ1n) is 8.18. The molecular weight excluding hydrogens is 326 g/mol.